The Morgan fingerprint density at radius 2 is 1.94 bits per heavy atom. The van der Waals surface area contributed by atoms with Gasteiger partial charge >= 0.3 is 0 Å². The molecule has 0 bridgehead atoms. The number of fused-ring (bicyclic) bond motifs is 2. The maximum atomic E-state index is 14.8. The number of nitrogens with zero attached hydrogens (tertiary/aromatic N) is 3. The van der Waals surface area contributed by atoms with Crippen molar-refractivity contribution >= 4 is 21.8 Å². The van der Waals surface area contributed by atoms with Crippen LogP contribution in [0.4, 0.5) is 4.39 Å². The van der Waals surface area contributed by atoms with Crippen molar-refractivity contribution in [1.82, 2.24) is 19.9 Å². The topological polar surface area (TPSA) is 63.3 Å². The van der Waals surface area contributed by atoms with Gasteiger partial charge in [0.15, 0.2) is 11.6 Å². The van der Waals surface area contributed by atoms with Crippen molar-refractivity contribution in [1.29, 1.82) is 0 Å². The molecule has 0 atom stereocenters. The zero-order valence-corrected chi connectivity index (χ0v) is 17.5. The minimum atomic E-state index is -0.416. The number of aromatic nitrogens is 3. The highest BCUT2D eigenvalue weighted by atomic mass is 19.1. The number of likely N-dealkylation sites (tertiary alicyclic amines) is 1. The first kappa shape index (κ1) is 19.8. The number of hydrogen-bond acceptors (Lipinski definition) is 5. The van der Waals surface area contributed by atoms with Gasteiger partial charge in [-0.05, 0) is 69.1 Å². The molecule has 0 saturated carbocycles. The highest BCUT2D eigenvalue weighted by molar-refractivity contribution is 5.86. The van der Waals surface area contributed by atoms with Gasteiger partial charge in [-0.2, -0.15) is 0 Å². The molecule has 7 heteroatoms. The van der Waals surface area contributed by atoms with Crippen LogP contribution in [0.5, 0.6) is 17.4 Å². The van der Waals surface area contributed by atoms with Crippen molar-refractivity contribution in [2.75, 3.05) is 26.2 Å². The first-order valence-corrected chi connectivity index (χ1v) is 10.7. The molecule has 4 aromatic rings. The number of aromatic amines is 1. The lowest BCUT2D eigenvalue weighted by Crippen LogP contribution is -2.21. The van der Waals surface area contributed by atoms with Crippen molar-refractivity contribution in [3.05, 3.63) is 54.2 Å². The molecule has 160 valence electrons. The Morgan fingerprint density at radius 1 is 1.06 bits per heavy atom. The lowest BCUT2D eigenvalue weighted by molar-refractivity contribution is 0.262. The second-order valence-electron chi connectivity index (χ2n) is 7.98. The quantitative estimate of drug-likeness (QED) is 0.416. The van der Waals surface area contributed by atoms with E-state index in [0.717, 1.165) is 35.2 Å². The van der Waals surface area contributed by atoms with Crippen LogP contribution in [-0.2, 0) is 0 Å². The number of ether oxygens (including phenoxy) is 2. The molecule has 1 N–H and O–H groups in total. The summed E-state index contributed by atoms with van der Waals surface area (Å²) in [5, 5.41) is 1.20. The third-order valence-corrected chi connectivity index (χ3v) is 5.81. The molecule has 0 unspecified atom stereocenters. The Balaban J connectivity index is 1.34. The Morgan fingerprint density at radius 3 is 2.81 bits per heavy atom. The zero-order valence-electron chi connectivity index (χ0n) is 17.5. The average Bonchev–Trinajstić information content (AvgIpc) is 3.46. The number of H-pyrrole nitrogens is 1. The molecule has 1 fully saturated rings. The Labute approximate surface area is 180 Å². The summed E-state index contributed by atoms with van der Waals surface area (Å²) in [6.45, 7) is 6.13. The summed E-state index contributed by atoms with van der Waals surface area (Å²) < 4.78 is 26.7. The summed E-state index contributed by atoms with van der Waals surface area (Å²) >= 11 is 0. The molecule has 1 saturated heterocycles. The molecule has 2 aromatic heterocycles. The summed E-state index contributed by atoms with van der Waals surface area (Å²) in [5.41, 5.74) is 2.39. The third kappa shape index (κ3) is 4.05. The van der Waals surface area contributed by atoms with E-state index in [2.05, 4.69) is 19.9 Å². The van der Waals surface area contributed by atoms with Gasteiger partial charge in [-0.15, -0.1) is 0 Å². The number of aryl methyl sites for hydroxylation is 1. The van der Waals surface area contributed by atoms with E-state index in [9.17, 15) is 4.39 Å². The molecule has 0 radical (unpaired) electrons. The number of nitrogens with one attached hydrogen (secondary N) is 1. The van der Waals surface area contributed by atoms with Crippen molar-refractivity contribution < 1.29 is 13.9 Å². The van der Waals surface area contributed by atoms with Crippen LogP contribution in [0.1, 0.15) is 24.8 Å². The van der Waals surface area contributed by atoms with E-state index in [4.69, 9.17) is 9.47 Å². The normalized spacial score (nSPS) is 14.5. The van der Waals surface area contributed by atoms with Crippen LogP contribution in [-0.4, -0.2) is 46.1 Å². The number of benzene rings is 2. The average molecular weight is 420 g/mol. The molecule has 6 nitrogen and oxygen atoms in total. The van der Waals surface area contributed by atoms with Gasteiger partial charge in [-0.3, -0.25) is 0 Å². The summed E-state index contributed by atoms with van der Waals surface area (Å²) in [4.78, 5) is 14.1. The van der Waals surface area contributed by atoms with Crippen LogP contribution in [0, 0.1) is 12.7 Å². The highest BCUT2D eigenvalue weighted by Crippen LogP contribution is 2.34. The molecule has 0 amide bonds. The van der Waals surface area contributed by atoms with Crippen molar-refractivity contribution in [3.8, 4) is 17.4 Å². The van der Waals surface area contributed by atoms with Crippen LogP contribution < -0.4 is 9.47 Å². The Bertz CT molecular complexity index is 1220. The molecular weight excluding hydrogens is 395 g/mol. The van der Waals surface area contributed by atoms with Crippen LogP contribution in [0.25, 0.3) is 21.8 Å². The van der Waals surface area contributed by atoms with Gasteiger partial charge in [0.2, 0.25) is 5.88 Å². The van der Waals surface area contributed by atoms with E-state index in [0.29, 0.717) is 23.4 Å². The summed E-state index contributed by atoms with van der Waals surface area (Å²) in [5.74, 6) is 0.841. The van der Waals surface area contributed by atoms with E-state index in [-0.39, 0.29) is 5.75 Å². The van der Waals surface area contributed by atoms with E-state index < -0.39 is 5.82 Å². The molecule has 2 aromatic carbocycles. The zero-order chi connectivity index (χ0) is 21.2. The van der Waals surface area contributed by atoms with E-state index >= 15 is 0 Å². The summed E-state index contributed by atoms with van der Waals surface area (Å²) in [6, 6.07) is 8.92. The van der Waals surface area contributed by atoms with Crippen molar-refractivity contribution in [2.24, 2.45) is 0 Å². The molecule has 5 rings (SSSR count). The van der Waals surface area contributed by atoms with Crippen LogP contribution >= 0.6 is 0 Å². The highest BCUT2D eigenvalue weighted by Gasteiger charge is 2.15. The van der Waals surface area contributed by atoms with Gasteiger partial charge in [-0.1, -0.05) is 0 Å². The van der Waals surface area contributed by atoms with Crippen LogP contribution in [0.3, 0.4) is 0 Å². The first-order valence-electron chi connectivity index (χ1n) is 10.7. The molecule has 0 spiro atoms. The molecule has 1 aliphatic rings. The SMILES string of the molecule is Cc1cc2c(Oc3ccc4[nH]ccc4c3F)ncnc2cc1OCCCN1CCCC1. The Kier molecular flexibility index (Phi) is 5.42. The smallest absolute Gasteiger partial charge is 0.230 e. The summed E-state index contributed by atoms with van der Waals surface area (Å²) in [7, 11) is 0. The molecule has 3 heterocycles. The van der Waals surface area contributed by atoms with Gasteiger partial charge in [0.1, 0.15) is 12.1 Å². The van der Waals surface area contributed by atoms with Crippen molar-refractivity contribution in [3.63, 3.8) is 0 Å². The van der Waals surface area contributed by atoms with E-state index in [1.165, 1.54) is 32.3 Å². The van der Waals surface area contributed by atoms with E-state index in [1.54, 1.807) is 24.4 Å². The second kappa shape index (κ2) is 8.51. The Hall–Kier alpha value is -3.19. The lowest BCUT2D eigenvalue weighted by atomic mass is 10.1. The first-order chi connectivity index (χ1) is 15.2. The molecule has 31 heavy (non-hydrogen) atoms. The monoisotopic (exact) mass is 420 g/mol. The van der Waals surface area contributed by atoms with Crippen molar-refractivity contribution in [2.45, 2.75) is 26.2 Å². The van der Waals surface area contributed by atoms with Gasteiger partial charge < -0.3 is 19.4 Å². The van der Waals surface area contributed by atoms with Crippen LogP contribution in [0.2, 0.25) is 0 Å². The van der Waals surface area contributed by atoms with E-state index in [1.807, 2.05) is 19.1 Å². The predicted molar refractivity (Wildman–Crippen MR) is 118 cm³/mol. The fraction of sp³-hybridized carbons (Fsp3) is 0.333. The number of hydrogen-bond donors (Lipinski definition) is 1. The maximum absolute atomic E-state index is 14.8. The minimum absolute atomic E-state index is 0.131. The van der Waals surface area contributed by atoms with Gasteiger partial charge in [0.25, 0.3) is 0 Å². The minimum Gasteiger partial charge on any atom is -0.493 e. The van der Waals surface area contributed by atoms with Gasteiger partial charge in [-0.25, -0.2) is 14.4 Å². The fourth-order valence-corrected chi connectivity index (χ4v) is 4.14. The molecule has 0 aliphatic carbocycles. The molecular formula is C24H25FN4O2. The van der Waals surface area contributed by atoms with Gasteiger partial charge in [0, 0.05) is 29.7 Å². The molecule has 1 aliphatic heterocycles. The number of halogens is 1. The second-order valence-corrected chi connectivity index (χ2v) is 7.98. The predicted octanol–water partition coefficient (Wildman–Crippen LogP) is 5.22. The largest absolute Gasteiger partial charge is 0.493 e. The standard InChI is InChI=1S/C24H25FN4O2/c1-16-13-18-20(14-22(16)30-12-4-11-29-9-2-3-10-29)27-15-28-24(18)31-21-6-5-19-17(23(21)25)7-8-26-19/h5-8,13-15,26H,2-4,9-12H2,1H3. The summed E-state index contributed by atoms with van der Waals surface area (Å²) in [6.07, 6.45) is 6.73. The fourth-order valence-electron chi connectivity index (χ4n) is 4.14. The maximum Gasteiger partial charge on any atom is 0.230 e. The van der Waals surface area contributed by atoms with Gasteiger partial charge in [0.05, 0.1) is 17.5 Å². The third-order valence-electron chi connectivity index (χ3n) is 5.81. The number of rotatable bonds is 7. The van der Waals surface area contributed by atoms with Crippen LogP contribution in [0.15, 0.2) is 42.9 Å². The lowest BCUT2D eigenvalue weighted by Gasteiger charge is -2.15.